The highest BCUT2D eigenvalue weighted by Gasteiger charge is 2.05. The Morgan fingerprint density at radius 2 is 2.20 bits per heavy atom. The third kappa shape index (κ3) is 6.66. The van der Waals surface area contributed by atoms with Gasteiger partial charge in [0.1, 0.15) is 0 Å². The van der Waals surface area contributed by atoms with Crippen molar-refractivity contribution in [2.24, 2.45) is 4.99 Å². The van der Waals surface area contributed by atoms with Gasteiger partial charge in [-0.1, -0.05) is 12.1 Å². The Morgan fingerprint density at radius 1 is 1.45 bits per heavy atom. The van der Waals surface area contributed by atoms with Gasteiger partial charge in [-0.25, -0.2) is 0 Å². The highest BCUT2D eigenvalue weighted by molar-refractivity contribution is 14.0. The number of halogens is 1. The molecule has 0 amide bonds. The standard InChI is InChI=1S/C12H18N4O3.HI/c1-13-12(14-6-7-19-2)15-9-10-4-3-5-11(8-10)16(17)18;/h3-5,8H,6-7,9H2,1-2H3,(H2,13,14,15);1H. The molecule has 20 heavy (non-hydrogen) atoms. The number of nitro benzene ring substituents is 1. The normalized spacial score (nSPS) is 10.6. The molecular formula is C12H19IN4O3. The first kappa shape index (κ1) is 18.6. The minimum atomic E-state index is -0.408. The number of nitrogens with one attached hydrogen (secondary N) is 2. The van der Waals surface area contributed by atoms with Gasteiger partial charge in [0.15, 0.2) is 5.96 Å². The van der Waals surface area contributed by atoms with Crippen LogP contribution in [-0.2, 0) is 11.3 Å². The lowest BCUT2D eigenvalue weighted by molar-refractivity contribution is -0.384. The van der Waals surface area contributed by atoms with E-state index < -0.39 is 4.92 Å². The van der Waals surface area contributed by atoms with Crippen LogP contribution in [0, 0.1) is 10.1 Å². The summed E-state index contributed by atoms with van der Waals surface area (Å²) >= 11 is 0. The van der Waals surface area contributed by atoms with E-state index in [4.69, 9.17) is 4.74 Å². The van der Waals surface area contributed by atoms with E-state index >= 15 is 0 Å². The summed E-state index contributed by atoms with van der Waals surface area (Å²) in [7, 11) is 3.29. The van der Waals surface area contributed by atoms with Crippen molar-refractivity contribution in [2.75, 3.05) is 27.3 Å². The highest BCUT2D eigenvalue weighted by atomic mass is 127. The average Bonchev–Trinajstić information content (AvgIpc) is 2.43. The number of nitrogens with zero attached hydrogens (tertiary/aromatic N) is 2. The molecule has 1 rings (SSSR count). The van der Waals surface area contributed by atoms with Crippen molar-refractivity contribution in [3.8, 4) is 0 Å². The van der Waals surface area contributed by atoms with Crippen LogP contribution in [0.2, 0.25) is 0 Å². The van der Waals surface area contributed by atoms with Crippen LogP contribution in [0.25, 0.3) is 0 Å². The van der Waals surface area contributed by atoms with Gasteiger partial charge >= 0.3 is 0 Å². The van der Waals surface area contributed by atoms with Gasteiger partial charge in [0, 0.05) is 39.4 Å². The fourth-order valence-corrected chi connectivity index (χ4v) is 1.46. The molecule has 7 nitrogen and oxygen atoms in total. The number of benzene rings is 1. The second kappa shape index (κ2) is 10.4. The van der Waals surface area contributed by atoms with Crippen LogP contribution in [0.15, 0.2) is 29.3 Å². The van der Waals surface area contributed by atoms with Gasteiger partial charge in [-0.15, -0.1) is 24.0 Å². The molecule has 0 heterocycles. The lowest BCUT2D eigenvalue weighted by atomic mass is 10.2. The minimum Gasteiger partial charge on any atom is -0.383 e. The zero-order chi connectivity index (χ0) is 14.1. The van der Waals surface area contributed by atoms with E-state index in [2.05, 4.69) is 15.6 Å². The van der Waals surface area contributed by atoms with Gasteiger partial charge in [-0.05, 0) is 5.56 Å². The fourth-order valence-electron chi connectivity index (χ4n) is 1.46. The van der Waals surface area contributed by atoms with E-state index in [-0.39, 0.29) is 29.7 Å². The number of aliphatic imine (C=N–C) groups is 1. The number of hydrogen-bond donors (Lipinski definition) is 2. The SMILES string of the molecule is CN=C(NCCOC)NCc1cccc([N+](=O)[O-])c1.I. The molecule has 0 unspecified atom stereocenters. The van der Waals surface area contributed by atoms with Gasteiger partial charge < -0.3 is 15.4 Å². The lowest BCUT2D eigenvalue weighted by Crippen LogP contribution is -2.38. The van der Waals surface area contributed by atoms with Gasteiger partial charge in [0.05, 0.1) is 11.5 Å². The quantitative estimate of drug-likeness (QED) is 0.191. The predicted octanol–water partition coefficient (Wildman–Crippen LogP) is 1.52. The Morgan fingerprint density at radius 3 is 2.80 bits per heavy atom. The first-order valence-electron chi connectivity index (χ1n) is 5.84. The van der Waals surface area contributed by atoms with Crippen molar-refractivity contribution in [1.82, 2.24) is 10.6 Å². The summed E-state index contributed by atoms with van der Waals surface area (Å²) in [5.41, 5.74) is 0.908. The summed E-state index contributed by atoms with van der Waals surface area (Å²) in [5.74, 6) is 0.628. The third-order valence-corrected chi connectivity index (χ3v) is 2.40. The molecule has 2 N–H and O–H groups in total. The summed E-state index contributed by atoms with van der Waals surface area (Å²) < 4.78 is 4.92. The number of guanidine groups is 1. The molecule has 0 aliphatic heterocycles. The molecule has 0 spiro atoms. The van der Waals surface area contributed by atoms with E-state index in [1.807, 2.05) is 6.07 Å². The molecule has 0 saturated carbocycles. The van der Waals surface area contributed by atoms with E-state index in [1.165, 1.54) is 12.1 Å². The monoisotopic (exact) mass is 394 g/mol. The Bertz CT molecular complexity index is 454. The number of nitro groups is 1. The maximum atomic E-state index is 10.7. The van der Waals surface area contributed by atoms with Crippen molar-refractivity contribution >= 4 is 35.6 Å². The molecule has 0 radical (unpaired) electrons. The third-order valence-electron chi connectivity index (χ3n) is 2.40. The first-order valence-corrected chi connectivity index (χ1v) is 5.84. The molecule has 0 aliphatic carbocycles. The van der Waals surface area contributed by atoms with Crippen molar-refractivity contribution in [3.05, 3.63) is 39.9 Å². The second-order valence-electron chi connectivity index (χ2n) is 3.77. The van der Waals surface area contributed by atoms with E-state index in [1.54, 1.807) is 20.2 Å². The zero-order valence-corrected chi connectivity index (χ0v) is 13.8. The molecule has 8 heteroatoms. The first-order chi connectivity index (χ1) is 9.17. The molecule has 112 valence electrons. The number of ether oxygens (including phenoxy) is 1. The summed E-state index contributed by atoms with van der Waals surface area (Å²) in [6, 6.07) is 6.49. The van der Waals surface area contributed by atoms with Crippen LogP contribution in [-0.4, -0.2) is 38.2 Å². The largest absolute Gasteiger partial charge is 0.383 e. The van der Waals surface area contributed by atoms with Gasteiger partial charge in [-0.3, -0.25) is 15.1 Å². The summed E-state index contributed by atoms with van der Waals surface area (Å²) in [4.78, 5) is 14.3. The van der Waals surface area contributed by atoms with Crippen LogP contribution in [0.1, 0.15) is 5.56 Å². The second-order valence-corrected chi connectivity index (χ2v) is 3.77. The van der Waals surface area contributed by atoms with Crippen LogP contribution < -0.4 is 10.6 Å². The molecule has 0 aliphatic rings. The fraction of sp³-hybridized carbons (Fsp3) is 0.417. The molecule has 1 aromatic carbocycles. The van der Waals surface area contributed by atoms with Crippen molar-refractivity contribution in [1.29, 1.82) is 0 Å². The minimum absolute atomic E-state index is 0. The van der Waals surface area contributed by atoms with Crippen LogP contribution in [0.3, 0.4) is 0 Å². The molecule has 0 fully saturated rings. The van der Waals surface area contributed by atoms with Gasteiger partial charge in [-0.2, -0.15) is 0 Å². The zero-order valence-electron chi connectivity index (χ0n) is 11.5. The van der Waals surface area contributed by atoms with E-state index in [0.29, 0.717) is 25.7 Å². The maximum absolute atomic E-state index is 10.7. The predicted molar refractivity (Wildman–Crippen MR) is 88.6 cm³/mol. The Balaban J connectivity index is 0.00000361. The van der Waals surface area contributed by atoms with Crippen molar-refractivity contribution in [3.63, 3.8) is 0 Å². The summed E-state index contributed by atoms with van der Waals surface area (Å²) in [6.07, 6.45) is 0. The molecule has 0 atom stereocenters. The number of non-ortho nitro benzene ring substituents is 1. The number of methoxy groups -OCH3 is 1. The van der Waals surface area contributed by atoms with Crippen LogP contribution in [0.5, 0.6) is 0 Å². The average molecular weight is 394 g/mol. The molecule has 1 aromatic rings. The summed E-state index contributed by atoms with van der Waals surface area (Å²) in [5, 5.41) is 16.8. The Kier molecular flexibility index (Phi) is 9.64. The van der Waals surface area contributed by atoms with Crippen LogP contribution >= 0.6 is 24.0 Å². The topological polar surface area (TPSA) is 88.8 Å². The molecular weight excluding hydrogens is 375 g/mol. The number of rotatable bonds is 6. The lowest BCUT2D eigenvalue weighted by Gasteiger charge is -2.11. The Hall–Kier alpha value is -1.42. The van der Waals surface area contributed by atoms with Gasteiger partial charge in [0.25, 0.3) is 5.69 Å². The molecule has 0 saturated heterocycles. The summed E-state index contributed by atoms with van der Waals surface area (Å²) in [6.45, 7) is 1.69. The number of hydrogen-bond acceptors (Lipinski definition) is 4. The van der Waals surface area contributed by atoms with Gasteiger partial charge in [0.2, 0.25) is 0 Å². The highest BCUT2D eigenvalue weighted by Crippen LogP contribution is 2.12. The van der Waals surface area contributed by atoms with Crippen LogP contribution in [0.4, 0.5) is 5.69 Å². The molecule has 0 bridgehead atoms. The van der Waals surface area contributed by atoms with Crippen molar-refractivity contribution < 1.29 is 9.66 Å². The Labute approximate surface area is 135 Å². The smallest absolute Gasteiger partial charge is 0.269 e. The van der Waals surface area contributed by atoms with E-state index in [0.717, 1.165) is 5.56 Å². The maximum Gasteiger partial charge on any atom is 0.269 e. The van der Waals surface area contributed by atoms with E-state index in [9.17, 15) is 10.1 Å². The van der Waals surface area contributed by atoms with Crippen molar-refractivity contribution in [2.45, 2.75) is 6.54 Å². The molecule has 0 aromatic heterocycles.